The minimum Gasteiger partial charge on any atom is -0.369 e. The third-order valence-corrected chi connectivity index (χ3v) is 6.18. The summed E-state index contributed by atoms with van der Waals surface area (Å²) in [5, 5.41) is 3.22. The first-order chi connectivity index (χ1) is 13.3. The van der Waals surface area contributed by atoms with Crippen molar-refractivity contribution in [1.82, 2.24) is 10.2 Å². The summed E-state index contributed by atoms with van der Waals surface area (Å²) >= 11 is 0. The van der Waals surface area contributed by atoms with Crippen LogP contribution in [0.3, 0.4) is 0 Å². The number of hydrogen-bond donors (Lipinski definition) is 1. The van der Waals surface area contributed by atoms with Crippen LogP contribution in [0.15, 0.2) is 60.7 Å². The summed E-state index contributed by atoms with van der Waals surface area (Å²) in [6, 6.07) is 21.2. The second-order valence-corrected chi connectivity index (χ2v) is 7.88. The monoisotopic (exact) mass is 363 g/mol. The van der Waals surface area contributed by atoms with Gasteiger partial charge < -0.3 is 10.2 Å². The first kappa shape index (κ1) is 18.1. The molecule has 2 aromatic rings. The summed E-state index contributed by atoms with van der Waals surface area (Å²) in [7, 11) is 0. The number of nitrogens with zero attached hydrogens (tertiary/aromatic N) is 2. The molecule has 1 amide bonds. The van der Waals surface area contributed by atoms with Crippen molar-refractivity contribution in [2.75, 3.05) is 44.2 Å². The van der Waals surface area contributed by atoms with Crippen molar-refractivity contribution in [2.45, 2.75) is 24.7 Å². The lowest BCUT2D eigenvalue weighted by Crippen LogP contribution is -2.51. The minimum atomic E-state index is 0.156. The fourth-order valence-corrected chi connectivity index (χ4v) is 4.29. The van der Waals surface area contributed by atoms with Gasteiger partial charge in [0.1, 0.15) is 0 Å². The van der Waals surface area contributed by atoms with Gasteiger partial charge in [0.05, 0.1) is 6.54 Å². The molecule has 0 unspecified atom stereocenters. The predicted octanol–water partition coefficient (Wildman–Crippen LogP) is 3.05. The molecule has 2 fully saturated rings. The highest BCUT2D eigenvalue weighted by Gasteiger charge is 2.38. The Balaban J connectivity index is 1.25. The van der Waals surface area contributed by atoms with E-state index in [1.807, 2.05) is 0 Å². The molecule has 4 rings (SSSR count). The first-order valence-corrected chi connectivity index (χ1v) is 10.1. The van der Waals surface area contributed by atoms with Crippen molar-refractivity contribution in [3.63, 3.8) is 0 Å². The Morgan fingerprint density at radius 3 is 2.11 bits per heavy atom. The summed E-state index contributed by atoms with van der Waals surface area (Å²) in [6.07, 6.45) is 3.60. The van der Waals surface area contributed by atoms with Crippen LogP contribution < -0.4 is 10.2 Å². The van der Waals surface area contributed by atoms with Crippen molar-refractivity contribution in [3.05, 3.63) is 66.2 Å². The molecule has 0 aromatic heterocycles. The van der Waals surface area contributed by atoms with E-state index in [0.717, 1.165) is 32.7 Å². The molecular weight excluding hydrogens is 334 g/mol. The van der Waals surface area contributed by atoms with Crippen LogP contribution in [0.25, 0.3) is 0 Å². The highest BCUT2D eigenvalue weighted by molar-refractivity contribution is 5.78. The Bertz CT molecular complexity index is 735. The van der Waals surface area contributed by atoms with Crippen LogP contribution in [0.2, 0.25) is 0 Å². The highest BCUT2D eigenvalue weighted by Crippen LogP contribution is 2.43. The van der Waals surface area contributed by atoms with E-state index in [9.17, 15) is 4.79 Å². The second-order valence-electron chi connectivity index (χ2n) is 7.88. The van der Waals surface area contributed by atoms with Gasteiger partial charge >= 0.3 is 0 Å². The van der Waals surface area contributed by atoms with Crippen LogP contribution in [0.1, 0.15) is 24.8 Å². The molecule has 1 aliphatic heterocycles. The Morgan fingerprint density at radius 1 is 0.889 bits per heavy atom. The summed E-state index contributed by atoms with van der Waals surface area (Å²) in [4.78, 5) is 17.2. The fraction of sp³-hybridized carbons (Fsp3) is 0.435. The second kappa shape index (κ2) is 8.13. The standard InChI is InChI=1S/C23H29N3O/c27-22(24-19-23(12-7-13-23)20-8-3-1-4-9-20)18-25-14-16-26(17-15-25)21-10-5-2-6-11-21/h1-6,8-11H,7,12-19H2,(H,24,27). The van der Waals surface area contributed by atoms with Gasteiger partial charge in [-0.2, -0.15) is 0 Å². The van der Waals surface area contributed by atoms with Gasteiger partial charge in [-0.1, -0.05) is 55.0 Å². The maximum atomic E-state index is 12.5. The maximum absolute atomic E-state index is 12.5. The quantitative estimate of drug-likeness (QED) is 0.857. The number of piperazine rings is 1. The number of nitrogens with one attached hydrogen (secondary N) is 1. The molecule has 0 spiro atoms. The number of amides is 1. The lowest BCUT2D eigenvalue weighted by Gasteiger charge is -2.43. The largest absolute Gasteiger partial charge is 0.369 e. The fourth-order valence-electron chi connectivity index (χ4n) is 4.29. The lowest BCUT2D eigenvalue weighted by molar-refractivity contribution is -0.122. The van der Waals surface area contributed by atoms with E-state index in [-0.39, 0.29) is 11.3 Å². The van der Waals surface area contributed by atoms with Gasteiger partial charge in [-0.3, -0.25) is 9.69 Å². The van der Waals surface area contributed by atoms with E-state index in [1.54, 1.807) is 0 Å². The van der Waals surface area contributed by atoms with E-state index in [0.29, 0.717) is 6.54 Å². The molecule has 1 N–H and O–H groups in total. The molecule has 4 nitrogen and oxygen atoms in total. The molecule has 1 saturated heterocycles. The number of rotatable bonds is 6. The Hall–Kier alpha value is -2.33. The van der Waals surface area contributed by atoms with E-state index in [4.69, 9.17) is 0 Å². The number of hydrogen-bond acceptors (Lipinski definition) is 3. The van der Waals surface area contributed by atoms with Crippen LogP contribution in [0, 0.1) is 0 Å². The molecule has 0 atom stereocenters. The summed E-state index contributed by atoms with van der Waals surface area (Å²) in [5.41, 5.74) is 2.80. The van der Waals surface area contributed by atoms with Gasteiger partial charge in [-0.25, -0.2) is 0 Å². The van der Waals surface area contributed by atoms with Gasteiger partial charge in [0, 0.05) is 43.8 Å². The van der Waals surface area contributed by atoms with Gasteiger partial charge in [-0.15, -0.1) is 0 Å². The molecule has 142 valence electrons. The Labute approximate surface area is 162 Å². The van der Waals surface area contributed by atoms with Crippen LogP contribution in [-0.2, 0) is 10.2 Å². The average molecular weight is 364 g/mol. The first-order valence-electron chi connectivity index (χ1n) is 10.1. The highest BCUT2D eigenvalue weighted by atomic mass is 16.2. The SMILES string of the molecule is O=C(CN1CCN(c2ccccc2)CC1)NCC1(c2ccccc2)CCC1. The predicted molar refractivity (Wildman–Crippen MR) is 110 cm³/mol. The van der Waals surface area contributed by atoms with E-state index >= 15 is 0 Å². The van der Waals surface area contributed by atoms with Crippen molar-refractivity contribution in [3.8, 4) is 0 Å². The molecular formula is C23H29N3O. The van der Waals surface area contributed by atoms with Crippen molar-refractivity contribution in [1.29, 1.82) is 0 Å². The van der Waals surface area contributed by atoms with Crippen LogP contribution in [-0.4, -0.2) is 50.1 Å². The molecule has 4 heteroatoms. The topological polar surface area (TPSA) is 35.6 Å². The average Bonchev–Trinajstić information content (AvgIpc) is 2.69. The molecule has 2 aromatic carbocycles. The maximum Gasteiger partial charge on any atom is 0.234 e. The third kappa shape index (κ3) is 4.16. The smallest absolute Gasteiger partial charge is 0.234 e. The number of carbonyl (C=O) groups is 1. The number of benzene rings is 2. The molecule has 0 radical (unpaired) electrons. The van der Waals surface area contributed by atoms with Crippen molar-refractivity contribution >= 4 is 11.6 Å². The van der Waals surface area contributed by atoms with Crippen LogP contribution in [0.5, 0.6) is 0 Å². The van der Waals surface area contributed by atoms with Gasteiger partial charge in [0.15, 0.2) is 0 Å². The molecule has 0 bridgehead atoms. The van der Waals surface area contributed by atoms with Gasteiger partial charge in [0.25, 0.3) is 0 Å². The molecule has 1 aliphatic carbocycles. The minimum absolute atomic E-state index is 0.156. The van der Waals surface area contributed by atoms with Gasteiger partial charge in [0.2, 0.25) is 5.91 Å². The third-order valence-electron chi connectivity index (χ3n) is 6.18. The Kier molecular flexibility index (Phi) is 5.44. The number of carbonyl (C=O) groups excluding carboxylic acids is 1. The van der Waals surface area contributed by atoms with E-state index < -0.39 is 0 Å². The zero-order valence-corrected chi connectivity index (χ0v) is 15.9. The van der Waals surface area contributed by atoms with E-state index in [2.05, 4.69) is 75.8 Å². The zero-order valence-electron chi connectivity index (χ0n) is 15.9. The van der Waals surface area contributed by atoms with Crippen molar-refractivity contribution in [2.24, 2.45) is 0 Å². The van der Waals surface area contributed by atoms with Gasteiger partial charge in [-0.05, 0) is 30.5 Å². The van der Waals surface area contributed by atoms with Crippen LogP contribution >= 0.6 is 0 Å². The van der Waals surface area contributed by atoms with Crippen LogP contribution in [0.4, 0.5) is 5.69 Å². The summed E-state index contributed by atoms with van der Waals surface area (Å²) in [6.45, 7) is 5.10. The Morgan fingerprint density at radius 2 is 1.52 bits per heavy atom. The number of para-hydroxylation sites is 1. The lowest BCUT2D eigenvalue weighted by atomic mass is 9.64. The number of anilines is 1. The summed E-state index contributed by atoms with van der Waals surface area (Å²) < 4.78 is 0. The molecule has 27 heavy (non-hydrogen) atoms. The van der Waals surface area contributed by atoms with Crippen molar-refractivity contribution < 1.29 is 4.79 Å². The zero-order chi connectivity index (χ0) is 18.5. The molecule has 2 aliphatic rings. The molecule has 1 heterocycles. The summed E-state index contributed by atoms with van der Waals surface area (Å²) in [5.74, 6) is 0.158. The molecule has 1 saturated carbocycles. The van der Waals surface area contributed by atoms with E-state index in [1.165, 1.54) is 30.5 Å². The normalized spacial score (nSPS) is 19.3.